The minimum absolute atomic E-state index is 0. The van der Waals surface area contributed by atoms with Gasteiger partial charge in [0.15, 0.2) is 0 Å². The molecule has 2 fully saturated rings. The Balaban J connectivity index is 0.00000162. The lowest BCUT2D eigenvalue weighted by atomic mass is 9.91. The highest BCUT2D eigenvalue weighted by Gasteiger charge is 2.46. The molecular formula is C14H27ClN2O. The number of nitrogens with zero attached hydrogens (tertiary/aromatic N) is 1. The van der Waals surface area contributed by atoms with Crippen LogP contribution in [0.15, 0.2) is 0 Å². The molecular weight excluding hydrogens is 248 g/mol. The van der Waals surface area contributed by atoms with E-state index in [2.05, 4.69) is 13.8 Å². The van der Waals surface area contributed by atoms with Gasteiger partial charge in [-0.15, -0.1) is 12.4 Å². The molecule has 4 heteroatoms. The van der Waals surface area contributed by atoms with Crippen LogP contribution < -0.4 is 5.73 Å². The summed E-state index contributed by atoms with van der Waals surface area (Å²) >= 11 is 0. The predicted octanol–water partition coefficient (Wildman–Crippen LogP) is 2.29. The van der Waals surface area contributed by atoms with Crippen LogP contribution in [0.25, 0.3) is 0 Å². The van der Waals surface area contributed by atoms with Gasteiger partial charge in [0.2, 0.25) is 5.91 Å². The number of rotatable bonds is 6. The van der Waals surface area contributed by atoms with E-state index >= 15 is 0 Å². The molecule has 106 valence electrons. The summed E-state index contributed by atoms with van der Waals surface area (Å²) in [4.78, 5) is 14.4. The molecule has 2 aliphatic carbocycles. The minimum atomic E-state index is 0. The Kier molecular flexibility index (Phi) is 5.07. The van der Waals surface area contributed by atoms with Crippen molar-refractivity contribution >= 4 is 18.3 Å². The Morgan fingerprint density at radius 3 is 2.06 bits per heavy atom. The highest BCUT2D eigenvalue weighted by Crippen LogP contribution is 2.49. The van der Waals surface area contributed by atoms with E-state index in [9.17, 15) is 4.79 Å². The fraction of sp³-hybridized carbons (Fsp3) is 0.929. The van der Waals surface area contributed by atoms with Crippen LogP contribution in [0.2, 0.25) is 0 Å². The summed E-state index contributed by atoms with van der Waals surface area (Å²) in [6.45, 7) is 5.65. The number of amides is 1. The number of halogens is 1. The van der Waals surface area contributed by atoms with Gasteiger partial charge in [0.05, 0.1) is 0 Å². The minimum Gasteiger partial charge on any atom is -0.345 e. The Morgan fingerprint density at radius 1 is 1.28 bits per heavy atom. The van der Waals surface area contributed by atoms with Crippen LogP contribution in [-0.4, -0.2) is 30.9 Å². The largest absolute Gasteiger partial charge is 0.345 e. The first-order valence-corrected chi connectivity index (χ1v) is 6.89. The van der Waals surface area contributed by atoms with Gasteiger partial charge in [-0.1, -0.05) is 13.8 Å². The second kappa shape index (κ2) is 5.79. The lowest BCUT2D eigenvalue weighted by Gasteiger charge is -2.31. The van der Waals surface area contributed by atoms with Crippen molar-refractivity contribution in [2.45, 2.75) is 39.5 Å². The fourth-order valence-corrected chi connectivity index (χ4v) is 2.74. The van der Waals surface area contributed by atoms with Crippen molar-refractivity contribution in [3.8, 4) is 0 Å². The molecule has 0 spiro atoms. The summed E-state index contributed by atoms with van der Waals surface area (Å²) in [5.74, 6) is 2.09. The summed E-state index contributed by atoms with van der Waals surface area (Å²) in [5.41, 5.74) is 5.77. The number of carbonyl (C=O) groups is 1. The molecule has 2 rings (SSSR count). The molecule has 3 nitrogen and oxygen atoms in total. The second-order valence-corrected chi connectivity index (χ2v) is 6.76. The molecule has 0 bridgehead atoms. The van der Waals surface area contributed by atoms with Crippen LogP contribution in [0.1, 0.15) is 39.5 Å². The predicted molar refractivity (Wildman–Crippen MR) is 76.7 cm³/mol. The normalized spacial score (nSPS) is 19.6. The summed E-state index contributed by atoms with van der Waals surface area (Å²) in [6.07, 6.45) is 5.06. The van der Waals surface area contributed by atoms with Gasteiger partial charge in [-0.3, -0.25) is 4.79 Å². The van der Waals surface area contributed by atoms with Crippen molar-refractivity contribution < 1.29 is 4.79 Å². The summed E-state index contributed by atoms with van der Waals surface area (Å²) in [7, 11) is 1.94. The molecule has 0 saturated heterocycles. The number of nitrogens with two attached hydrogens (primary N) is 1. The molecule has 0 heterocycles. The van der Waals surface area contributed by atoms with E-state index in [-0.39, 0.29) is 17.8 Å². The lowest BCUT2D eigenvalue weighted by Crippen LogP contribution is -2.43. The Labute approximate surface area is 117 Å². The third-order valence-electron chi connectivity index (χ3n) is 4.14. The highest BCUT2D eigenvalue weighted by molar-refractivity contribution is 5.85. The molecule has 0 aromatic carbocycles. The molecule has 0 aliphatic heterocycles. The van der Waals surface area contributed by atoms with E-state index in [1.54, 1.807) is 0 Å². The van der Waals surface area contributed by atoms with Crippen molar-refractivity contribution in [2.24, 2.45) is 28.9 Å². The molecule has 0 atom stereocenters. The van der Waals surface area contributed by atoms with E-state index in [0.29, 0.717) is 30.2 Å². The number of hydrogen-bond acceptors (Lipinski definition) is 2. The Hall–Kier alpha value is -0.280. The van der Waals surface area contributed by atoms with Crippen molar-refractivity contribution in [3.05, 3.63) is 0 Å². The highest BCUT2D eigenvalue weighted by atomic mass is 35.5. The first-order chi connectivity index (χ1) is 7.94. The fourth-order valence-electron chi connectivity index (χ4n) is 2.74. The second-order valence-electron chi connectivity index (χ2n) is 6.76. The van der Waals surface area contributed by atoms with Crippen molar-refractivity contribution in [2.75, 3.05) is 20.1 Å². The summed E-state index contributed by atoms with van der Waals surface area (Å²) in [5, 5.41) is 0. The van der Waals surface area contributed by atoms with Gasteiger partial charge < -0.3 is 10.6 Å². The van der Waals surface area contributed by atoms with Crippen LogP contribution in [0, 0.1) is 23.2 Å². The maximum absolute atomic E-state index is 12.5. The molecule has 0 unspecified atom stereocenters. The zero-order chi connectivity index (χ0) is 12.6. The molecule has 18 heavy (non-hydrogen) atoms. The molecule has 2 aliphatic rings. The third kappa shape index (κ3) is 3.86. The Bertz CT molecular complexity index is 286. The van der Waals surface area contributed by atoms with E-state index in [0.717, 1.165) is 6.54 Å². The zero-order valence-corrected chi connectivity index (χ0v) is 12.6. The van der Waals surface area contributed by atoms with Crippen molar-refractivity contribution in [1.82, 2.24) is 4.90 Å². The first kappa shape index (κ1) is 15.8. The van der Waals surface area contributed by atoms with E-state index in [1.807, 2.05) is 11.9 Å². The molecule has 2 N–H and O–H groups in total. The van der Waals surface area contributed by atoms with Gasteiger partial charge in [-0.05, 0) is 49.5 Å². The van der Waals surface area contributed by atoms with Crippen LogP contribution >= 0.6 is 12.4 Å². The summed E-state index contributed by atoms with van der Waals surface area (Å²) < 4.78 is 0. The van der Waals surface area contributed by atoms with Crippen molar-refractivity contribution in [1.29, 1.82) is 0 Å². The van der Waals surface area contributed by atoms with Gasteiger partial charge >= 0.3 is 0 Å². The van der Waals surface area contributed by atoms with Crippen LogP contribution in [0.4, 0.5) is 0 Å². The van der Waals surface area contributed by atoms with Gasteiger partial charge in [-0.2, -0.15) is 0 Å². The number of hydrogen-bond donors (Lipinski definition) is 1. The molecule has 2 saturated carbocycles. The van der Waals surface area contributed by atoms with E-state index in [4.69, 9.17) is 5.73 Å². The number of carbonyl (C=O) groups excluding carboxylic acids is 1. The SMILES string of the molecule is CN(CC(C)(C)CN)C(=O)C(C1CC1)C1CC1.Cl. The maximum atomic E-state index is 12.5. The molecule has 0 radical (unpaired) electrons. The average Bonchev–Trinajstić information content (AvgIpc) is 3.11. The Morgan fingerprint density at radius 2 is 1.72 bits per heavy atom. The average molecular weight is 275 g/mol. The van der Waals surface area contributed by atoms with Gasteiger partial charge in [0.25, 0.3) is 0 Å². The maximum Gasteiger partial charge on any atom is 0.226 e. The van der Waals surface area contributed by atoms with Gasteiger partial charge in [0, 0.05) is 19.5 Å². The smallest absolute Gasteiger partial charge is 0.226 e. The van der Waals surface area contributed by atoms with Crippen molar-refractivity contribution in [3.63, 3.8) is 0 Å². The van der Waals surface area contributed by atoms with Gasteiger partial charge in [0.1, 0.15) is 0 Å². The van der Waals surface area contributed by atoms with Crippen LogP contribution in [0.5, 0.6) is 0 Å². The molecule has 0 aromatic heterocycles. The first-order valence-electron chi connectivity index (χ1n) is 6.89. The summed E-state index contributed by atoms with van der Waals surface area (Å²) in [6, 6.07) is 0. The van der Waals surface area contributed by atoms with E-state index in [1.165, 1.54) is 25.7 Å². The lowest BCUT2D eigenvalue weighted by molar-refractivity contribution is -0.136. The molecule has 0 aromatic rings. The van der Waals surface area contributed by atoms with Gasteiger partial charge in [-0.25, -0.2) is 0 Å². The van der Waals surface area contributed by atoms with E-state index < -0.39 is 0 Å². The van der Waals surface area contributed by atoms with Crippen LogP contribution in [0.3, 0.4) is 0 Å². The quantitative estimate of drug-likeness (QED) is 0.808. The standard InChI is InChI=1S/C14H26N2O.ClH/c1-14(2,8-15)9-16(3)13(17)12(10-4-5-10)11-6-7-11;/h10-12H,4-9,15H2,1-3H3;1H. The monoisotopic (exact) mass is 274 g/mol. The van der Waals surface area contributed by atoms with Crippen LogP contribution in [-0.2, 0) is 4.79 Å². The topological polar surface area (TPSA) is 46.3 Å². The zero-order valence-electron chi connectivity index (χ0n) is 11.8. The molecule has 1 amide bonds. The third-order valence-corrected chi connectivity index (χ3v) is 4.14.